The first-order valence-electron chi connectivity index (χ1n) is 8.17. The predicted molar refractivity (Wildman–Crippen MR) is 87.4 cm³/mol. The third kappa shape index (κ3) is 4.36. The number of alkyl halides is 3. The average Bonchev–Trinajstić information content (AvgIpc) is 2.63. The molecule has 2 heterocycles. The zero-order chi connectivity index (χ0) is 19.6. The van der Waals surface area contributed by atoms with E-state index in [-0.39, 0.29) is 19.7 Å². The van der Waals surface area contributed by atoms with Crippen LogP contribution in [0.1, 0.15) is 17.2 Å². The van der Waals surface area contributed by atoms with E-state index in [1.165, 1.54) is 17.0 Å². The normalized spacial score (nSPS) is 17.8. The molecule has 144 valence electrons. The third-order valence-electron chi connectivity index (χ3n) is 4.29. The highest BCUT2D eigenvalue weighted by Gasteiger charge is 2.34. The number of ether oxygens (including phenoxy) is 1. The van der Waals surface area contributed by atoms with Crippen molar-refractivity contribution in [2.45, 2.75) is 18.8 Å². The van der Waals surface area contributed by atoms with Gasteiger partial charge in [-0.3, -0.25) is 9.59 Å². The highest BCUT2D eigenvalue weighted by Crippen LogP contribution is 2.26. The molecule has 1 aliphatic heterocycles. The number of pyridine rings is 1. The van der Waals surface area contributed by atoms with Gasteiger partial charge in [0.2, 0.25) is 5.91 Å². The fourth-order valence-electron chi connectivity index (χ4n) is 2.88. The van der Waals surface area contributed by atoms with Crippen LogP contribution in [-0.2, 0) is 22.3 Å². The Labute approximate surface area is 151 Å². The van der Waals surface area contributed by atoms with Gasteiger partial charge in [-0.25, -0.2) is 4.39 Å². The second-order valence-corrected chi connectivity index (χ2v) is 6.10. The molecule has 5 nitrogen and oxygen atoms in total. The van der Waals surface area contributed by atoms with E-state index in [4.69, 9.17) is 4.74 Å². The number of halogens is 4. The molecule has 0 aliphatic carbocycles. The van der Waals surface area contributed by atoms with Crippen LogP contribution in [0.25, 0.3) is 0 Å². The minimum Gasteiger partial charge on any atom is -0.370 e. The highest BCUT2D eigenvalue weighted by molar-refractivity contribution is 5.76. The van der Waals surface area contributed by atoms with Crippen LogP contribution in [0.4, 0.5) is 17.6 Å². The number of carbonyl (C=O) groups is 1. The van der Waals surface area contributed by atoms with Gasteiger partial charge in [-0.1, -0.05) is 12.1 Å². The third-order valence-corrected chi connectivity index (χ3v) is 4.29. The maximum atomic E-state index is 13.0. The Balaban J connectivity index is 1.73. The first kappa shape index (κ1) is 19.1. The van der Waals surface area contributed by atoms with Crippen molar-refractivity contribution in [1.29, 1.82) is 0 Å². The standard InChI is InChI=1S/C18H16F4N2O3/c19-13-5-3-12(4-6-13)15-10-23(8-9-27-15)16(25)11-24-7-1-2-14(17(24)26)18(20,21)22/h1-7,15H,8-11H2. The number of aromatic nitrogens is 1. The van der Waals surface area contributed by atoms with E-state index < -0.39 is 41.7 Å². The number of rotatable bonds is 3. The SMILES string of the molecule is O=C(Cn1cccc(C(F)(F)F)c1=O)N1CCOC(c2ccc(F)cc2)C1. The first-order valence-corrected chi connectivity index (χ1v) is 8.17. The quantitative estimate of drug-likeness (QED) is 0.765. The molecule has 1 unspecified atom stereocenters. The lowest BCUT2D eigenvalue weighted by molar-refractivity contribution is -0.141. The van der Waals surface area contributed by atoms with Gasteiger partial charge in [0.1, 0.15) is 24.0 Å². The zero-order valence-electron chi connectivity index (χ0n) is 14.1. The number of nitrogens with zero attached hydrogens (tertiary/aromatic N) is 2. The van der Waals surface area contributed by atoms with Crippen LogP contribution in [0.15, 0.2) is 47.4 Å². The lowest BCUT2D eigenvalue weighted by atomic mass is 10.1. The number of morpholine rings is 1. The molecule has 9 heteroatoms. The number of carbonyl (C=O) groups excluding carboxylic acids is 1. The minimum atomic E-state index is -4.78. The molecule has 1 aromatic heterocycles. The smallest absolute Gasteiger partial charge is 0.370 e. The van der Waals surface area contributed by atoms with Crippen molar-refractivity contribution in [2.75, 3.05) is 19.7 Å². The van der Waals surface area contributed by atoms with Crippen LogP contribution in [0.3, 0.4) is 0 Å². The summed E-state index contributed by atoms with van der Waals surface area (Å²) >= 11 is 0. The van der Waals surface area contributed by atoms with E-state index in [1.807, 2.05) is 0 Å². The predicted octanol–water partition coefficient (Wildman–Crippen LogP) is 2.61. The molecular formula is C18H16F4N2O3. The van der Waals surface area contributed by atoms with Crippen LogP contribution in [0.5, 0.6) is 0 Å². The molecule has 0 saturated carbocycles. The van der Waals surface area contributed by atoms with Crippen LogP contribution in [0, 0.1) is 5.82 Å². The van der Waals surface area contributed by atoms with Crippen molar-refractivity contribution in [3.63, 3.8) is 0 Å². The molecule has 1 aliphatic rings. The Kier molecular flexibility index (Phi) is 5.31. The number of amides is 1. The molecule has 1 amide bonds. The van der Waals surface area contributed by atoms with Gasteiger partial charge in [0.05, 0.1) is 13.2 Å². The molecule has 1 atom stereocenters. The highest BCUT2D eigenvalue weighted by atomic mass is 19.4. The summed E-state index contributed by atoms with van der Waals surface area (Å²) in [5.41, 5.74) is -1.89. The molecular weight excluding hydrogens is 368 g/mol. The van der Waals surface area contributed by atoms with E-state index in [9.17, 15) is 27.2 Å². The maximum absolute atomic E-state index is 13.0. The number of benzene rings is 1. The van der Waals surface area contributed by atoms with Gasteiger partial charge in [-0.15, -0.1) is 0 Å². The molecule has 2 aromatic rings. The van der Waals surface area contributed by atoms with Gasteiger partial charge in [0.25, 0.3) is 5.56 Å². The van der Waals surface area contributed by atoms with Crippen molar-refractivity contribution in [2.24, 2.45) is 0 Å². The van der Waals surface area contributed by atoms with E-state index in [1.54, 1.807) is 12.1 Å². The number of hydrogen-bond acceptors (Lipinski definition) is 3. The lowest BCUT2D eigenvalue weighted by Crippen LogP contribution is -2.44. The van der Waals surface area contributed by atoms with E-state index in [0.717, 1.165) is 16.8 Å². The van der Waals surface area contributed by atoms with Crippen LogP contribution >= 0.6 is 0 Å². The van der Waals surface area contributed by atoms with E-state index in [0.29, 0.717) is 11.6 Å². The molecule has 3 rings (SSSR count). The molecule has 0 bridgehead atoms. The van der Waals surface area contributed by atoms with Crippen molar-refractivity contribution in [3.05, 3.63) is 69.9 Å². The van der Waals surface area contributed by atoms with E-state index in [2.05, 4.69) is 0 Å². The largest absolute Gasteiger partial charge is 0.421 e. The molecule has 1 aromatic carbocycles. The van der Waals surface area contributed by atoms with Crippen molar-refractivity contribution >= 4 is 5.91 Å². The summed E-state index contributed by atoms with van der Waals surface area (Å²) in [6, 6.07) is 7.42. The Bertz CT molecular complexity index is 877. The second kappa shape index (κ2) is 7.51. The lowest BCUT2D eigenvalue weighted by Gasteiger charge is -2.33. The topological polar surface area (TPSA) is 51.5 Å². The van der Waals surface area contributed by atoms with Gasteiger partial charge < -0.3 is 14.2 Å². The molecule has 27 heavy (non-hydrogen) atoms. The van der Waals surface area contributed by atoms with Gasteiger partial charge >= 0.3 is 6.18 Å². The minimum absolute atomic E-state index is 0.165. The molecule has 1 fully saturated rings. The Morgan fingerprint density at radius 1 is 1.19 bits per heavy atom. The second-order valence-electron chi connectivity index (χ2n) is 6.10. The molecule has 0 N–H and O–H groups in total. The molecule has 0 spiro atoms. The summed E-state index contributed by atoms with van der Waals surface area (Å²) in [5, 5.41) is 0. The Morgan fingerprint density at radius 3 is 2.56 bits per heavy atom. The van der Waals surface area contributed by atoms with E-state index >= 15 is 0 Å². The Morgan fingerprint density at radius 2 is 1.89 bits per heavy atom. The average molecular weight is 384 g/mol. The fourth-order valence-corrected chi connectivity index (χ4v) is 2.88. The summed E-state index contributed by atoms with van der Waals surface area (Å²) < 4.78 is 57.9. The van der Waals surface area contributed by atoms with Crippen LogP contribution < -0.4 is 5.56 Å². The molecule has 0 radical (unpaired) electrons. The molecule has 1 saturated heterocycles. The summed E-state index contributed by atoms with van der Waals surface area (Å²) in [5.74, 6) is -0.891. The zero-order valence-corrected chi connectivity index (χ0v) is 14.1. The van der Waals surface area contributed by atoms with Crippen LogP contribution in [0.2, 0.25) is 0 Å². The Hall–Kier alpha value is -2.68. The first-order chi connectivity index (χ1) is 12.8. The summed E-state index contributed by atoms with van der Waals surface area (Å²) in [4.78, 5) is 25.9. The van der Waals surface area contributed by atoms with Crippen molar-refractivity contribution < 1.29 is 27.1 Å². The van der Waals surface area contributed by atoms with Crippen LogP contribution in [-0.4, -0.2) is 35.1 Å². The summed E-state index contributed by atoms with van der Waals surface area (Å²) in [6.45, 7) is 0.145. The summed E-state index contributed by atoms with van der Waals surface area (Å²) in [7, 11) is 0. The monoisotopic (exact) mass is 384 g/mol. The van der Waals surface area contributed by atoms with Crippen molar-refractivity contribution in [3.8, 4) is 0 Å². The van der Waals surface area contributed by atoms with Gasteiger partial charge in [0, 0.05) is 12.7 Å². The summed E-state index contributed by atoms with van der Waals surface area (Å²) in [6.07, 6.45) is -4.11. The van der Waals surface area contributed by atoms with Gasteiger partial charge in [0.15, 0.2) is 0 Å². The van der Waals surface area contributed by atoms with Crippen molar-refractivity contribution in [1.82, 2.24) is 9.47 Å². The maximum Gasteiger partial charge on any atom is 0.421 e. The fraction of sp³-hybridized carbons (Fsp3) is 0.333. The van der Waals surface area contributed by atoms with Gasteiger partial charge in [-0.05, 0) is 29.8 Å². The van der Waals surface area contributed by atoms with Gasteiger partial charge in [-0.2, -0.15) is 13.2 Å². The number of hydrogen-bond donors (Lipinski definition) is 0.